The van der Waals surface area contributed by atoms with Crippen molar-refractivity contribution >= 4 is 17.8 Å². The molecule has 0 spiro atoms. The summed E-state index contributed by atoms with van der Waals surface area (Å²) >= 11 is 0. The summed E-state index contributed by atoms with van der Waals surface area (Å²) in [5.74, 6) is -1.82. The standard InChI is InChI=1S/C14H28O2.C4H8N2O3/c1-2-3-4-5-6-7-8-9-10-11-12-13-14(15)16;5-3(7)1-2-4(8)6-9/h2-13H2,1H3,(H,15,16);9H,1-2H2,(H2,5,7)(H,6,8). The van der Waals surface area contributed by atoms with E-state index in [1.165, 1.54) is 63.3 Å². The van der Waals surface area contributed by atoms with Gasteiger partial charge in [0.25, 0.3) is 0 Å². The first-order valence-electron chi connectivity index (χ1n) is 9.37. The molecule has 0 unspecified atom stereocenters. The van der Waals surface area contributed by atoms with Crippen molar-refractivity contribution < 1.29 is 24.7 Å². The molecule has 5 N–H and O–H groups in total. The summed E-state index contributed by atoms with van der Waals surface area (Å²) in [6.45, 7) is 2.25. The van der Waals surface area contributed by atoms with Gasteiger partial charge < -0.3 is 10.8 Å². The summed E-state index contributed by atoms with van der Waals surface area (Å²) in [7, 11) is 0. The summed E-state index contributed by atoms with van der Waals surface area (Å²) in [4.78, 5) is 30.4. The summed E-state index contributed by atoms with van der Waals surface area (Å²) in [5.41, 5.74) is 6.07. The van der Waals surface area contributed by atoms with Crippen molar-refractivity contribution in [2.45, 2.75) is 96.8 Å². The summed E-state index contributed by atoms with van der Waals surface area (Å²) in [6, 6.07) is 0. The van der Waals surface area contributed by atoms with E-state index in [-0.39, 0.29) is 12.8 Å². The second kappa shape index (κ2) is 20.4. The molecule has 148 valence electrons. The summed E-state index contributed by atoms with van der Waals surface area (Å²) in [5, 5.41) is 16.4. The molecule has 0 saturated carbocycles. The molecule has 7 heteroatoms. The number of nitrogens with one attached hydrogen (secondary N) is 1. The molecule has 2 amide bonds. The predicted octanol–water partition coefficient (Wildman–Crippen LogP) is 3.53. The fourth-order valence-electron chi connectivity index (χ4n) is 2.23. The van der Waals surface area contributed by atoms with E-state index in [9.17, 15) is 14.4 Å². The van der Waals surface area contributed by atoms with Gasteiger partial charge in [-0.15, -0.1) is 0 Å². The van der Waals surface area contributed by atoms with Gasteiger partial charge in [0.15, 0.2) is 0 Å². The third kappa shape index (κ3) is 27.5. The van der Waals surface area contributed by atoms with Gasteiger partial charge in [0.2, 0.25) is 11.8 Å². The van der Waals surface area contributed by atoms with Crippen molar-refractivity contribution in [1.29, 1.82) is 0 Å². The number of rotatable bonds is 15. The highest BCUT2D eigenvalue weighted by Gasteiger charge is 2.00. The summed E-state index contributed by atoms with van der Waals surface area (Å²) in [6.07, 6.45) is 14.3. The number of aliphatic carboxylic acids is 1. The van der Waals surface area contributed by atoms with Crippen LogP contribution in [0.5, 0.6) is 0 Å². The van der Waals surface area contributed by atoms with Crippen LogP contribution in [-0.4, -0.2) is 28.1 Å². The van der Waals surface area contributed by atoms with Crippen molar-refractivity contribution in [2.24, 2.45) is 5.73 Å². The lowest BCUT2D eigenvalue weighted by molar-refractivity contribution is -0.137. The van der Waals surface area contributed by atoms with E-state index in [1.54, 1.807) is 0 Å². The first-order valence-corrected chi connectivity index (χ1v) is 9.37. The van der Waals surface area contributed by atoms with E-state index in [0.29, 0.717) is 6.42 Å². The lowest BCUT2D eigenvalue weighted by Gasteiger charge is -2.01. The number of hydrogen-bond donors (Lipinski definition) is 4. The molecule has 0 aromatic rings. The highest BCUT2D eigenvalue weighted by Crippen LogP contribution is 2.11. The number of nitrogens with two attached hydrogens (primary N) is 1. The third-order valence-electron chi connectivity index (χ3n) is 3.72. The number of primary amides is 1. The molecule has 0 fully saturated rings. The molecule has 0 aromatic carbocycles. The predicted molar refractivity (Wildman–Crippen MR) is 97.1 cm³/mol. The Morgan fingerprint density at radius 2 is 1.20 bits per heavy atom. The molecule has 0 rings (SSSR count). The minimum atomic E-state index is -0.657. The van der Waals surface area contributed by atoms with Gasteiger partial charge in [-0.2, -0.15) is 0 Å². The van der Waals surface area contributed by atoms with Crippen LogP contribution in [0.2, 0.25) is 0 Å². The minimum absolute atomic E-state index is 0.0353. The van der Waals surface area contributed by atoms with Gasteiger partial charge >= 0.3 is 5.97 Å². The molecule has 0 aromatic heterocycles. The fourth-order valence-corrected chi connectivity index (χ4v) is 2.23. The normalized spacial score (nSPS) is 9.84. The zero-order valence-electron chi connectivity index (χ0n) is 15.6. The highest BCUT2D eigenvalue weighted by molar-refractivity contribution is 5.82. The Bertz CT molecular complexity index is 348. The monoisotopic (exact) mass is 360 g/mol. The first kappa shape index (κ1) is 25.6. The maximum atomic E-state index is 10.3. The second-order valence-electron chi connectivity index (χ2n) is 6.18. The van der Waals surface area contributed by atoms with Crippen LogP contribution in [0.25, 0.3) is 0 Å². The number of carboxylic acid groups (broad SMARTS) is 1. The number of unbranched alkanes of at least 4 members (excludes halogenated alkanes) is 10. The Morgan fingerprint density at radius 3 is 1.56 bits per heavy atom. The zero-order valence-corrected chi connectivity index (χ0v) is 15.6. The van der Waals surface area contributed by atoms with Crippen molar-refractivity contribution in [3.63, 3.8) is 0 Å². The fraction of sp³-hybridized carbons (Fsp3) is 0.833. The number of carbonyl (C=O) groups excluding carboxylic acids is 2. The van der Waals surface area contributed by atoms with Gasteiger partial charge in [-0.3, -0.25) is 19.6 Å². The van der Waals surface area contributed by atoms with Crippen LogP contribution < -0.4 is 11.2 Å². The van der Waals surface area contributed by atoms with E-state index >= 15 is 0 Å². The molecule has 25 heavy (non-hydrogen) atoms. The molecule has 0 aliphatic heterocycles. The molecular weight excluding hydrogens is 324 g/mol. The Kier molecular flexibility index (Phi) is 20.9. The van der Waals surface area contributed by atoms with Crippen LogP contribution >= 0.6 is 0 Å². The van der Waals surface area contributed by atoms with Crippen LogP contribution in [0.1, 0.15) is 96.8 Å². The zero-order chi connectivity index (χ0) is 19.3. The second-order valence-corrected chi connectivity index (χ2v) is 6.18. The number of hydroxylamine groups is 1. The van der Waals surface area contributed by atoms with Gasteiger partial charge in [-0.1, -0.05) is 71.1 Å². The quantitative estimate of drug-likeness (QED) is 0.202. The Hall–Kier alpha value is -1.63. The molecule has 0 radical (unpaired) electrons. The summed E-state index contributed by atoms with van der Waals surface area (Å²) < 4.78 is 0. The van der Waals surface area contributed by atoms with E-state index in [0.717, 1.165) is 12.8 Å². The van der Waals surface area contributed by atoms with Crippen molar-refractivity contribution in [3.05, 3.63) is 0 Å². The average Bonchev–Trinajstić information content (AvgIpc) is 2.57. The molecule has 0 atom stereocenters. The molecule has 0 heterocycles. The van der Waals surface area contributed by atoms with Gasteiger partial charge in [-0.25, -0.2) is 5.48 Å². The van der Waals surface area contributed by atoms with Gasteiger partial charge in [0.05, 0.1) is 0 Å². The third-order valence-corrected chi connectivity index (χ3v) is 3.72. The lowest BCUT2D eigenvalue weighted by Crippen LogP contribution is -2.21. The molecule has 7 nitrogen and oxygen atoms in total. The number of hydrogen-bond acceptors (Lipinski definition) is 4. The topological polar surface area (TPSA) is 130 Å². The van der Waals surface area contributed by atoms with Gasteiger partial charge in [0.1, 0.15) is 0 Å². The van der Waals surface area contributed by atoms with E-state index < -0.39 is 17.8 Å². The van der Waals surface area contributed by atoms with Crippen LogP contribution in [0.15, 0.2) is 0 Å². The van der Waals surface area contributed by atoms with E-state index in [4.69, 9.17) is 16.0 Å². The SMILES string of the molecule is CCCCCCCCCCCCCC(=O)O.NC(=O)CCC(=O)NO. The molecule has 0 aliphatic carbocycles. The van der Waals surface area contributed by atoms with Gasteiger partial charge in [-0.05, 0) is 6.42 Å². The number of carbonyl (C=O) groups is 3. The lowest BCUT2D eigenvalue weighted by atomic mass is 10.1. The van der Waals surface area contributed by atoms with Crippen molar-refractivity contribution in [2.75, 3.05) is 0 Å². The maximum absolute atomic E-state index is 10.3. The highest BCUT2D eigenvalue weighted by atomic mass is 16.5. The Balaban J connectivity index is 0. The molecular formula is C18H36N2O5. The Morgan fingerprint density at radius 1 is 0.760 bits per heavy atom. The van der Waals surface area contributed by atoms with Crippen molar-refractivity contribution in [1.82, 2.24) is 5.48 Å². The van der Waals surface area contributed by atoms with Gasteiger partial charge in [0, 0.05) is 19.3 Å². The van der Waals surface area contributed by atoms with Crippen LogP contribution in [-0.2, 0) is 14.4 Å². The van der Waals surface area contributed by atoms with Crippen molar-refractivity contribution in [3.8, 4) is 0 Å². The van der Waals surface area contributed by atoms with Crippen LogP contribution in [0.4, 0.5) is 0 Å². The molecule has 0 saturated heterocycles. The number of amides is 2. The minimum Gasteiger partial charge on any atom is -0.481 e. The average molecular weight is 360 g/mol. The van der Waals surface area contributed by atoms with Crippen LogP contribution in [0, 0.1) is 0 Å². The first-order chi connectivity index (χ1) is 11.9. The molecule has 0 bridgehead atoms. The Labute approximate surface area is 151 Å². The number of carboxylic acids is 1. The van der Waals surface area contributed by atoms with Crippen LogP contribution in [0.3, 0.4) is 0 Å². The smallest absolute Gasteiger partial charge is 0.303 e. The molecule has 0 aliphatic rings. The van der Waals surface area contributed by atoms with E-state index in [2.05, 4.69) is 6.92 Å². The maximum Gasteiger partial charge on any atom is 0.303 e. The van der Waals surface area contributed by atoms with E-state index in [1.807, 2.05) is 0 Å². The largest absolute Gasteiger partial charge is 0.481 e.